The quantitative estimate of drug-likeness (QED) is 0.351. The van der Waals surface area contributed by atoms with E-state index in [-0.39, 0.29) is 6.04 Å². The first-order chi connectivity index (χ1) is 12.5. The van der Waals surface area contributed by atoms with Crippen molar-refractivity contribution in [3.05, 3.63) is 71.3 Å². The molecule has 0 saturated heterocycles. The van der Waals surface area contributed by atoms with Gasteiger partial charge in [0.25, 0.3) is 10.1 Å². The molecule has 146 valence electrons. The van der Waals surface area contributed by atoms with Crippen LogP contribution in [0.25, 0.3) is 0 Å². The van der Waals surface area contributed by atoms with Crippen LogP contribution in [0, 0.1) is 6.92 Å². The molecular formula is C20H23Cl2NO3S. The topological polar surface area (TPSA) is 55.7 Å². The summed E-state index contributed by atoms with van der Waals surface area (Å²) in [7, 11) is -3.83. The molecule has 0 aliphatic carbocycles. The summed E-state index contributed by atoms with van der Waals surface area (Å²) < 4.78 is 27.5. The first kappa shape index (κ1) is 21.9. The maximum Gasteiger partial charge on any atom is 0.265 e. The minimum atomic E-state index is -3.83. The lowest BCUT2D eigenvalue weighted by atomic mass is 9.97. The van der Waals surface area contributed by atoms with Gasteiger partial charge in [0.05, 0.1) is 12.0 Å². The van der Waals surface area contributed by atoms with E-state index in [9.17, 15) is 8.42 Å². The van der Waals surface area contributed by atoms with Crippen LogP contribution >= 0.6 is 23.2 Å². The highest BCUT2D eigenvalue weighted by atomic mass is 35.5. The molecule has 0 aliphatic rings. The van der Waals surface area contributed by atoms with Crippen LogP contribution in [-0.2, 0) is 14.3 Å². The number of hydrogen-bond acceptors (Lipinski definition) is 4. The van der Waals surface area contributed by atoms with Crippen molar-refractivity contribution >= 4 is 39.0 Å². The van der Waals surface area contributed by atoms with Gasteiger partial charge < -0.3 is 0 Å². The standard InChI is InChI=1S/C20H23Cl2NO3S/c1-14(2)23-18(16-8-6-5-7-9-16)20(21,22)19(26-27(4,24)25)17-12-10-15(3)11-13-17/h5-14,19H,1-4H3. The SMILES string of the molecule is Cc1ccc(C(OS(C)(=O)=O)C(Cl)(Cl)C(=NC(C)C)c2ccccc2)cc1. The zero-order valence-corrected chi connectivity index (χ0v) is 18.0. The molecule has 2 rings (SSSR count). The van der Waals surface area contributed by atoms with Gasteiger partial charge in [-0.25, -0.2) is 0 Å². The third-order valence-electron chi connectivity index (χ3n) is 3.73. The van der Waals surface area contributed by atoms with Gasteiger partial charge in [-0.2, -0.15) is 8.42 Å². The van der Waals surface area contributed by atoms with Gasteiger partial charge in [-0.15, -0.1) is 0 Å². The van der Waals surface area contributed by atoms with Gasteiger partial charge in [-0.05, 0) is 31.9 Å². The molecule has 1 atom stereocenters. The van der Waals surface area contributed by atoms with E-state index in [1.165, 1.54) is 0 Å². The molecule has 0 heterocycles. The van der Waals surface area contributed by atoms with Gasteiger partial charge in [0.1, 0.15) is 6.10 Å². The highest BCUT2D eigenvalue weighted by molar-refractivity contribution is 7.86. The Hall–Kier alpha value is -1.40. The molecule has 0 spiro atoms. The second-order valence-electron chi connectivity index (χ2n) is 6.65. The summed E-state index contributed by atoms with van der Waals surface area (Å²) in [6, 6.07) is 16.3. The average molecular weight is 428 g/mol. The Morgan fingerprint density at radius 2 is 1.59 bits per heavy atom. The van der Waals surface area contributed by atoms with Crippen LogP contribution in [0.5, 0.6) is 0 Å². The smallest absolute Gasteiger partial charge is 0.265 e. The summed E-state index contributed by atoms with van der Waals surface area (Å²) in [6.07, 6.45) is -0.186. The molecule has 0 amide bonds. The van der Waals surface area contributed by atoms with Crippen molar-refractivity contribution < 1.29 is 12.6 Å². The van der Waals surface area contributed by atoms with Gasteiger partial charge in [0.2, 0.25) is 0 Å². The summed E-state index contributed by atoms with van der Waals surface area (Å²) in [5.41, 5.74) is 2.62. The second-order valence-corrected chi connectivity index (χ2v) is 9.64. The molecule has 0 aliphatic heterocycles. The molecule has 0 radical (unpaired) electrons. The summed E-state index contributed by atoms with van der Waals surface area (Å²) >= 11 is 13.5. The lowest BCUT2D eigenvalue weighted by molar-refractivity contribution is 0.216. The fourth-order valence-electron chi connectivity index (χ4n) is 2.57. The van der Waals surface area contributed by atoms with Crippen molar-refractivity contribution in [2.24, 2.45) is 4.99 Å². The van der Waals surface area contributed by atoms with Crippen LogP contribution in [0.4, 0.5) is 0 Å². The summed E-state index contributed by atoms with van der Waals surface area (Å²) in [5, 5.41) is 0. The third-order valence-corrected chi connectivity index (χ3v) is 5.03. The number of hydrogen-bond donors (Lipinski definition) is 0. The maximum atomic E-state index is 11.9. The Bertz CT molecular complexity index is 893. The number of nitrogens with zero attached hydrogens (tertiary/aromatic N) is 1. The molecule has 0 fully saturated rings. The summed E-state index contributed by atoms with van der Waals surface area (Å²) in [5.74, 6) is 0. The van der Waals surface area contributed by atoms with Crippen LogP contribution in [0.15, 0.2) is 59.6 Å². The molecule has 7 heteroatoms. The summed E-state index contributed by atoms with van der Waals surface area (Å²) in [4.78, 5) is 4.59. The molecule has 0 saturated carbocycles. The highest BCUT2D eigenvalue weighted by Crippen LogP contribution is 2.43. The molecule has 27 heavy (non-hydrogen) atoms. The number of rotatable bonds is 7. The predicted molar refractivity (Wildman–Crippen MR) is 112 cm³/mol. The number of benzene rings is 2. The molecular weight excluding hydrogens is 405 g/mol. The van der Waals surface area contributed by atoms with Crippen molar-refractivity contribution in [2.75, 3.05) is 6.26 Å². The van der Waals surface area contributed by atoms with Crippen LogP contribution in [0.3, 0.4) is 0 Å². The molecule has 2 aromatic rings. The van der Waals surface area contributed by atoms with E-state index >= 15 is 0 Å². The van der Waals surface area contributed by atoms with E-state index in [2.05, 4.69) is 4.99 Å². The van der Waals surface area contributed by atoms with Crippen molar-refractivity contribution in [1.82, 2.24) is 0 Å². The zero-order valence-electron chi connectivity index (χ0n) is 15.7. The largest absolute Gasteiger partial charge is 0.283 e. The average Bonchev–Trinajstić information content (AvgIpc) is 2.58. The highest BCUT2D eigenvalue weighted by Gasteiger charge is 2.44. The van der Waals surface area contributed by atoms with Crippen LogP contribution in [-0.4, -0.2) is 30.8 Å². The fourth-order valence-corrected chi connectivity index (χ4v) is 3.94. The van der Waals surface area contributed by atoms with Crippen LogP contribution in [0.2, 0.25) is 0 Å². The van der Waals surface area contributed by atoms with E-state index in [1.807, 2.05) is 63.2 Å². The van der Waals surface area contributed by atoms with Crippen LogP contribution in [0.1, 0.15) is 36.6 Å². The predicted octanol–water partition coefficient (Wildman–Crippen LogP) is 5.08. The number of aliphatic imine (C=N–C) groups is 1. The molecule has 4 nitrogen and oxygen atoms in total. The molecule has 0 aromatic heterocycles. The van der Waals surface area contributed by atoms with E-state index < -0.39 is 20.6 Å². The monoisotopic (exact) mass is 427 g/mol. The molecule has 2 aromatic carbocycles. The second kappa shape index (κ2) is 8.74. The van der Waals surface area contributed by atoms with E-state index in [0.29, 0.717) is 16.8 Å². The number of aryl methyl sites for hydroxylation is 1. The minimum absolute atomic E-state index is 0.103. The van der Waals surface area contributed by atoms with E-state index in [1.54, 1.807) is 12.1 Å². The van der Waals surface area contributed by atoms with E-state index in [4.69, 9.17) is 27.4 Å². The van der Waals surface area contributed by atoms with Crippen molar-refractivity contribution in [3.8, 4) is 0 Å². The Morgan fingerprint density at radius 3 is 2.07 bits per heavy atom. The fraction of sp³-hybridized carbons (Fsp3) is 0.350. The van der Waals surface area contributed by atoms with Gasteiger partial charge in [-0.3, -0.25) is 9.18 Å². The Kier molecular flexibility index (Phi) is 7.09. The van der Waals surface area contributed by atoms with Gasteiger partial charge in [-0.1, -0.05) is 83.4 Å². The maximum absolute atomic E-state index is 11.9. The first-order valence-electron chi connectivity index (χ1n) is 8.47. The van der Waals surface area contributed by atoms with Gasteiger partial charge in [0.15, 0.2) is 4.33 Å². The number of halogens is 2. The Labute approximate surface area is 171 Å². The lowest BCUT2D eigenvalue weighted by Crippen LogP contribution is -2.37. The molecule has 1 unspecified atom stereocenters. The van der Waals surface area contributed by atoms with Crippen molar-refractivity contribution in [1.29, 1.82) is 0 Å². The van der Waals surface area contributed by atoms with Crippen LogP contribution < -0.4 is 0 Å². The van der Waals surface area contributed by atoms with Crippen molar-refractivity contribution in [3.63, 3.8) is 0 Å². The third kappa shape index (κ3) is 6.04. The Balaban J connectivity index is 2.63. The molecule has 0 bridgehead atoms. The zero-order chi connectivity index (χ0) is 20.2. The minimum Gasteiger partial charge on any atom is -0.283 e. The van der Waals surface area contributed by atoms with Gasteiger partial charge >= 0.3 is 0 Å². The Morgan fingerprint density at radius 1 is 1.04 bits per heavy atom. The van der Waals surface area contributed by atoms with Crippen molar-refractivity contribution in [2.45, 2.75) is 37.3 Å². The van der Waals surface area contributed by atoms with Gasteiger partial charge in [0, 0.05) is 6.04 Å². The summed E-state index contributed by atoms with van der Waals surface area (Å²) in [6.45, 7) is 5.72. The molecule has 0 N–H and O–H groups in total. The van der Waals surface area contributed by atoms with E-state index in [0.717, 1.165) is 11.8 Å². The number of alkyl halides is 2. The first-order valence-corrected chi connectivity index (χ1v) is 11.0. The lowest BCUT2D eigenvalue weighted by Gasteiger charge is -2.31. The normalized spacial score (nSPS) is 14.4.